The summed E-state index contributed by atoms with van der Waals surface area (Å²) in [5.41, 5.74) is -0.991. The predicted molar refractivity (Wildman–Crippen MR) is 119 cm³/mol. The Morgan fingerprint density at radius 1 is 0.970 bits per heavy atom. The third-order valence-corrected chi connectivity index (χ3v) is 3.46. The Labute approximate surface area is 191 Å². The van der Waals surface area contributed by atoms with Gasteiger partial charge < -0.3 is 14.2 Å². The highest BCUT2D eigenvalue weighted by Crippen LogP contribution is 2.20. The molecule has 0 fully saturated rings. The maximum absolute atomic E-state index is 12.2. The van der Waals surface area contributed by atoms with E-state index in [0.717, 1.165) is 0 Å². The number of hydrogen-bond acceptors (Lipinski definition) is 9. The Hall–Kier alpha value is -3.70. The van der Waals surface area contributed by atoms with Crippen LogP contribution in [0.5, 0.6) is 0 Å². The number of hydrogen-bond donors (Lipinski definition) is 2. The Bertz CT molecular complexity index is 897. The Kier molecular flexibility index (Phi) is 9.32. The van der Waals surface area contributed by atoms with Gasteiger partial charge in [-0.1, -0.05) is 0 Å². The zero-order valence-electron chi connectivity index (χ0n) is 19.8. The summed E-state index contributed by atoms with van der Waals surface area (Å²) in [5.74, 6) is -1.02. The molecule has 12 heteroatoms. The van der Waals surface area contributed by atoms with Gasteiger partial charge in [0.2, 0.25) is 12.5 Å². The molecule has 0 saturated carbocycles. The average molecular weight is 466 g/mol. The number of aliphatic imine (C=N–C) groups is 1. The Balaban J connectivity index is 3.36. The summed E-state index contributed by atoms with van der Waals surface area (Å²) >= 11 is 0. The van der Waals surface area contributed by atoms with Crippen molar-refractivity contribution in [3.8, 4) is 0 Å². The molecule has 2 amide bonds. The molecule has 1 rings (SSSR count). The number of amides is 2. The van der Waals surface area contributed by atoms with Crippen LogP contribution in [0.25, 0.3) is 0 Å². The first-order valence-electron chi connectivity index (χ1n) is 10.0. The molecular formula is C21H30N4O8. The summed E-state index contributed by atoms with van der Waals surface area (Å²) in [6.45, 7) is 9.58. The Morgan fingerprint density at radius 3 is 1.91 bits per heavy atom. The normalized spacial score (nSPS) is 11.1. The fraction of sp³-hybridized carbons (Fsp3) is 0.524. The van der Waals surface area contributed by atoms with Gasteiger partial charge in [0.05, 0.1) is 18.4 Å². The summed E-state index contributed by atoms with van der Waals surface area (Å²) in [4.78, 5) is 50.9. The molecule has 0 aliphatic rings. The molecule has 0 aliphatic heterocycles. The second kappa shape index (κ2) is 11.2. The molecule has 182 valence electrons. The molecule has 0 spiro atoms. The molecule has 1 aromatic rings. The molecule has 1 aromatic carbocycles. The van der Waals surface area contributed by atoms with Crippen molar-refractivity contribution in [3.63, 3.8) is 0 Å². The number of benzene rings is 1. The van der Waals surface area contributed by atoms with Crippen molar-refractivity contribution in [2.75, 3.05) is 13.7 Å². The van der Waals surface area contributed by atoms with Gasteiger partial charge in [-0.3, -0.25) is 20.7 Å². The number of carbonyl (C=O) groups excluding carboxylic acids is 3. The fourth-order valence-corrected chi connectivity index (χ4v) is 2.36. The van der Waals surface area contributed by atoms with E-state index in [9.17, 15) is 24.5 Å². The number of nitrogens with one attached hydrogen (secondary N) is 2. The van der Waals surface area contributed by atoms with Crippen LogP contribution in [-0.4, -0.2) is 53.9 Å². The number of guanidine groups is 1. The molecule has 0 atom stereocenters. The zero-order valence-corrected chi connectivity index (χ0v) is 19.8. The van der Waals surface area contributed by atoms with E-state index in [1.165, 1.54) is 25.3 Å². The highest BCUT2D eigenvalue weighted by molar-refractivity contribution is 6.02. The summed E-state index contributed by atoms with van der Waals surface area (Å²) in [5, 5.41) is 15.4. The molecule has 0 saturated heterocycles. The lowest BCUT2D eigenvalue weighted by molar-refractivity contribution is -0.479. The highest BCUT2D eigenvalue weighted by atomic mass is 16.6. The van der Waals surface area contributed by atoms with Gasteiger partial charge in [0.25, 0.3) is 0 Å². The second-order valence-electron chi connectivity index (χ2n) is 8.90. The van der Waals surface area contributed by atoms with E-state index >= 15 is 0 Å². The van der Waals surface area contributed by atoms with E-state index in [1.807, 2.05) is 0 Å². The topological polar surface area (TPSA) is 158 Å². The first-order valence-corrected chi connectivity index (χ1v) is 10.0. The van der Waals surface area contributed by atoms with Gasteiger partial charge >= 0.3 is 18.2 Å². The molecule has 0 aliphatic carbocycles. The third kappa shape index (κ3) is 11.5. The summed E-state index contributed by atoms with van der Waals surface area (Å²) in [6, 6.07) is 4.26. The molecular weight excluding hydrogens is 436 g/mol. The molecule has 2 N–H and O–H groups in total. The molecule has 33 heavy (non-hydrogen) atoms. The van der Waals surface area contributed by atoms with Crippen LogP contribution in [-0.2, 0) is 20.6 Å². The van der Waals surface area contributed by atoms with Crippen LogP contribution >= 0.6 is 0 Å². The Morgan fingerprint density at radius 2 is 1.48 bits per heavy atom. The number of ether oxygens (including phenoxy) is 3. The van der Waals surface area contributed by atoms with Crippen molar-refractivity contribution in [3.05, 3.63) is 39.4 Å². The predicted octanol–water partition coefficient (Wildman–Crippen LogP) is 3.33. The van der Waals surface area contributed by atoms with Gasteiger partial charge in [-0.15, -0.1) is 0 Å². The van der Waals surface area contributed by atoms with Gasteiger partial charge in [-0.25, -0.2) is 19.4 Å². The molecule has 0 radical (unpaired) electrons. The van der Waals surface area contributed by atoms with E-state index in [1.54, 1.807) is 41.5 Å². The van der Waals surface area contributed by atoms with E-state index in [-0.39, 0.29) is 30.2 Å². The minimum atomic E-state index is -0.894. The number of nitrogens with zero attached hydrogens (tertiary/aromatic N) is 2. The number of nitro groups is 1. The van der Waals surface area contributed by atoms with Crippen LogP contribution in [0.1, 0.15) is 57.5 Å². The van der Waals surface area contributed by atoms with Crippen LogP contribution in [0.2, 0.25) is 0 Å². The van der Waals surface area contributed by atoms with Crippen molar-refractivity contribution in [1.29, 1.82) is 0 Å². The number of alkyl carbamates (subject to hydrolysis) is 2. The lowest BCUT2D eigenvalue weighted by Crippen LogP contribution is -2.47. The number of carbonyl (C=O) groups is 3. The average Bonchev–Trinajstić information content (AvgIpc) is 2.62. The van der Waals surface area contributed by atoms with Gasteiger partial charge in [0.1, 0.15) is 11.2 Å². The lowest BCUT2D eigenvalue weighted by Gasteiger charge is -2.22. The van der Waals surface area contributed by atoms with E-state index in [2.05, 4.69) is 15.6 Å². The number of methoxy groups -OCH3 is 1. The largest absolute Gasteiger partial charge is 0.465 e. The minimum absolute atomic E-state index is 0.0225. The highest BCUT2D eigenvalue weighted by Gasteiger charge is 2.21. The quantitative estimate of drug-likeness (QED) is 0.167. The van der Waals surface area contributed by atoms with Crippen molar-refractivity contribution in [1.82, 2.24) is 10.6 Å². The molecule has 0 heterocycles. The minimum Gasteiger partial charge on any atom is -0.465 e. The SMILES string of the molecule is COC(=O)c1cc(CC[N+](=O)[O-])cc(N=C(NC(=O)OC(C)(C)C)NC(=O)OC(C)(C)C)c1. The summed E-state index contributed by atoms with van der Waals surface area (Å²) in [6.07, 6.45) is -1.76. The van der Waals surface area contributed by atoms with Crippen LogP contribution in [0, 0.1) is 10.1 Å². The lowest BCUT2D eigenvalue weighted by atomic mass is 10.1. The maximum Gasteiger partial charge on any atom is 0.414 e. The van der Waals surface area contributed by atoms with E-state index in [4.69, 9.17) is 14.2 Å². The first-order chi connectivity index (χ1) is 15.1. The van der Waals surface area contributed by atoms with E-state index < -0.39 is 34.3 Å². The van der Waals surface area contributed by atoms with Crippen molar-refractivity contribution >= 4 is 29.8 Å². The molecule has 12 nitrogen and oxygen atoms in total. The van der Waals surface area contributed by atoms with Crippen LogP contribution in [0.3, 0.4) is 0 Å². The van der Waals surface area contributed by atoms with Crippen LogP contribution < -0.4 is 10.6 Å². The van der Waals surface area contributed by atoms with Gasteiger partial charge in [-0.2, -0.15) is 0 Å². The van der Waals surface area contributed by atoms with Gasteiger partial charge in [0.15, 0.2) is 0 Å². The molecule has 0 unspecified atom stereocenters. The second-order valence-corrected chi connectivity index (χ2v) is 8.90. The van der Waals surface area contributed by atoms with Crippen molar-refractivity contribution in [2.45, 2.75) is 59.2 Å². The van der Waals surface area contributed by atoms with Gasteiger partial charge in [0, 0.05) is 11.3 Å². The monoisotopic (exact) mass is 466 g/mol. The summed E-state index contributed by atoms with van der Waals surface area (Å²) in [7, 11) is 1.19. The van der Waals surface area contributed by atoms with Gasteiger partial charge in [-0.05, 0) is 65.3 Å². The van der Waals surface area contributed by atoms with Crippen LogP contribution in [0.4, 0.5) is 15.3 Å². The standard InChI is InChI=1S/C21H30N4O8/c1-20(2,3)32-18(27)23-17(24-19(28)33-21(4,5)6)22-15-11-13(8-9-25(29)30)10-14(12-15)16(26)31-7/h10-12H,8-9H2,1-7H3,(H2,22,23,24,27,28). The first kappa shape index (κ1) is 27.3. The zero-order chi connectivity index (χ0) is 25.4. The van der Waals surface area contributed by atoms with E-state index in [0.29, 0.717) is 5.56 Å². The van der Waals surface area contributed by atoms with Crippen molar-refractivity contribution < 1.29 is 33.5 Å². The van der Waals surface area contributed by atoms with Crippen LogP contribution in [0.15, 0.2) is 23.2 Å². The number of esters is 1. The maximum atomic E-state index is 12.2. The third-order valence-electron chi connectivity index (χ3n) is 3.46. The molecule has 0 aromatic heterocycles. The molecule has 0 bridgehead atoms. The fourth-order valence-electron chi connectivity index (χ4n) is 2.36. The summed E-state index contributed by atoms with van der Waals surface area (Å²) < 4.78 is 15.1. The smallest absolute Gasteiger partial charge is 0.414 e. The van der Waals surface area contributed by atoms with Crippen molar-refractivity contribution in [2.24, 2.45) is 4.99 Å². The number of rotatable bonds is 5.